The van der Waals surface area contributed by atoms with Gasteiger partial charge in [0.25, 0.3) is 5.91 Å². The largest absolute Gasteiger partial charge is 0.371 e. The summed E-state index contributed by atoms with van der Waals surface area (Å²) in [6.07, 6.45) is 2.71. The monoisotopic (exact) mass is 360 g/mol. The highest BCUT2D eigenvalue weighted by atomic mass is 19.1. The molecule has 0 radical (unpaired) electrons. The minimum Gasteiger partial charge on any atom is -0.371 e. The Balaban J connectivity index is 1.39. The van der Waals surface area contributed by atoms with E-state index in [1.165, 1.54) is 6.07 Å². The number of imide groups is 1. The second kappa shape index (κ2) is 6.26. The maximum atomic E-state index is 14.3. The molecule has 2 aliphatic heterocycles. The lowest BCUT2D eigenvalue weighted by Crippen LogP contribution is -2.60. The average Bonchev–Trinajstić information content (AvgIpc) is 3.19. The van der Waals surface area contributed by atoms with E-state index in [0.717, 1.165) is 31.6 Å². The third-order valence-electron chi connectivity index (χ3n) is 5.56. The van der Waals surface area contributed by atoms with Crippen LogP contribution in [0.1, 0.15) is 31.2 Å². The Bertz CT molecular complexity index is 770. The minimum absolute atomic E-state index is 0.111. The zero-order chi connectivity index (χ0) is 18.3. The minimum atomic E-state index is -0.947. The molecule has 26 heavy (non-hydrogen) atoms. The number of urea groups is 1. The number of carbonyl (C=O) groups excluding carboxylic acids is 3. The van der Waals surface area contributed by atoms with Crippen LogP contribution in [0, 0.1) is 11.7 Å². The molecule has 138 valence electrons. The average molecular weight is 360 g/mol. The van der Waals surface area contributed by atoms with E-state index in [9.17, 15) is 18.8 Å². The lowest BCUT2D eigenvalue weighted by molar-refractivity contribution is -0.136. The maximum absolute atomic E-state index is 14.3. The van der Waals surface area contributed by atoms with E-state index in [1.807, 2.05) is 6.07 Å². The summed E-state index contributed by atoms with van der Waals surface area (Å²) in [4.78, 5) is 37.6. The molecule has 0 unspecified atom stereocenters. The fraction of sp³-hybridized carbons (Fsp3) is 0.500. The molecule has 1 aliphatic carbocycles. The molecule has 3 aliphatic rings. The first-order valence-electron chi connectivity index (χ1n) is 8.92. The summed E-state index contributed by atoms with van der Waals surface area (Å²) in [5.74, 6) is -1.29. The van der Waals surface area contributed by atoms with E-state index < -0.39 is 11.6 Å². The van der Waals surface area contributed by atoms with Crippen molar-refractivity contribution in [3.05, 3.63) is 29.6 Å². The van der Waals surface area contributed by atoms with Gasteiger partial charge in [0.1, 0.15) is 11.4 Å². The van der Waals surface area contributed by atoms with Crippen LogP contribution in [0.3, 0.4) is 0 Å². The van der Waals surface area contributed by atoms with Crippen molar-refractivity contribution >= 4 is 23.5 Å². The molecule has 8 heteroatoms. The van der Waals surface area contributed by atoms with Crippen molar-refractivity contribution in [3.8, 4) is 0 Å². The summed E-state index contributed by atoms with van der Waals surface area (Å²) in [6, 6.07) is 4.45. The highest BCUT2D eigenvalue weighted by Crippen LogP contribution is 2.40. The van der Waals surface area contributed by atoms with Crippen LogP contribution in [-0.4, -0.2) is 36.5 Å². The van der Waals surface area contributed by atoms with Crippen molar-refractivity contribution in [2.24, 2.45) is 5.92 Å². The predicted molar refractivity (Wildman–Crippen MR) is 91.8 cm³/mol. The van der Waals surface area contributed by atoms with Crippen molar-refractivity contribution in [1.82, 2.24) is 16.0 Å². The van der Waals surface area contributed by atoms with Crippen molar-refractivity contribution < 1.29 is 18.8 Å². The zero-order valence-corrected chi connectivity index (χ0v) is 14.3. The molecular formula is C18H21FN4O3. The molecule has 4 amide bonds. The number of hydrogen-bond donors (Lipinski definition) is 3. The summed E-state index contributed by atoms with van der Waals surface area (Å²) in [7, 11) is 0. The quantitative estimate of drug-likeness (QED) is 0.700. The van der Waals surface area contributed by atoms with Gasteiger partial charge in [0, 0.05) is 36.8 Å². The number of anilines is 1. The first kappa shape index (κ1) is 16.8. The summed E-state index contributed by atoms with van der Waals surface area (Å²) < 4.78 is 14.3. The van der Waals surface area contributed by atoms with E-state index in [0.29, 0.717) is 5.56 Å². The summed E-state index contributed by atoms with van der Waals surface area (Å²) in [5, 5.41) is 7.57. The second-order valence-electron chi connectivity index (χ2n) is 7.25. The molecule has 4 rings (SSSR count). The van der Waals surface area contributed by atoms with Crippen LogP contribution in [0.5, 0.6) is 0 Å². The predicted octanol–water partition coefficient (Wildman–Crippen LogP) is 1.03. The summed E-state index contributed by atoms with van der Waals surface area (Å²) in [6.45, 7) is 1.90. The van der Waals surface area contributed by atoms with Gasteiger partial charge >= 0.3 is 6.03 Å². The van der Waals surface area contributed by atoms with E-state index in [2.05, 4.69) is 20.9 Å². The summed E-state index contributed by atoms with van der Waals surface area (Å²) >= 11 is 0. The highest BCUT2D eigenvalue weighted by Gasteiger charge is 2.57. The highest BCUT2D eigenvalue weighted by molar-refractivity contribution is 6.08. The van der Waals surface area contributed by atoms with Crippen molar-refractivity contribution in [3.63, 3.8) is 0 Å². The van der Waals surface area contributed by atoms with Crippen LogP contribution >= 0.6 is 0 Å². The topological polar surface area (TPSA) is 90.5 Å². The van der Waals surface area contributed by atoms with E-state index >= 15 is 0 Å². The van der Waals surface area contributed by atoms with Gasteiger partial charge in [-0.2, -0.15) is 0 Å². The maximum Gasteiger partial charge on any atom is 0.322 e. The standard InChI is InChI=1S/C18H21FN4O3/c19-13-4-3-5-14(23-6-1-2-7-23)12(13)10-20-15(24)11-8-18(9-11)16(25)21-17(26)22-18/h3-5,11H,1-2,6-10H2,(H,20,24)(H2,21,22,25,26). The number of benzene rings is 1. The number of halogens is 1. The molecule has 0 atom stereocenters. The molecule has 0 bridgehead atoms. The van der Waals surface area contributed by atoms with Gasteiger partial charge in [-0.15, -0.1) is 0 Å². The third kappa shape index (κ3) is 2.79. The number of rotatable bonds is 4. The second-order valence-corrected chi connectivity index (χ2v) is 7.25. The van der Waals surface area contributed by atoms with Gasteiger partial charge < -0.3 is 15.5 Å². The van der Waals surface area contributed by atoms with Gasteiger partial charge in [0.2, 0.25) is 5.91 Å². The molecule has 1 aromatic rings. The lowest BCUT2D eigenvalue weighted by Gasteiger charge is -2.41. The smallest absolute Gasteiger partial charge is 0.322 e. The SMILES string of the molecule is O=C1NC(=O)C2(CC(C(=O)NCc3c(F)cccc3N3CCCC3)C2)N1. The van der Waals surface area contributed by atoms with Crippen LogP contribution in [0.25, 0.3) is 0 Å². The Morgan fingerprint density at radius 3 is 2.65 bits per heavy atom. The van der Waals surface area contributed by atoms with Crippen LogP contribution in [0.15, 0.2) is 18.2 Å². The Labute approximate surface area is 150 Å². The van der Waals surface area contributed by atoms with E-state index in [1.54, 1.807) is 6.07 Å². The first-order valence-corrected chi connectivity index (χ1v) is 8.92. The van der Waals surface area contributed by atoms with Crippen LogP contribution in [0.4, 0.5) is 14.9 Å². The normalized spacial score (nSPS) is 27.3. The molecule has 1 aromatic carbocycles. The molecular weight excluding hydrogens is 339 g/mol. The molecule has 1 saturated carbocycles. The molecule has 7 nitrogen and oxygen atoms in total. The molecule has 2 heterocycles. The van der Waals surface area contributed by atoms with E-state index in [4.69, 9.17) is 0 Å². The third-order valence-corrected chi connectivity index (χ3v) is 5.56. The van der Waals surface area contributed by atoms with Crippen molar-refractivity contribution in [1.29, 1.82) is 0 Å². The van der Waals surface area contributed by atoms with Gasteiger partial charge in [-0.1, -0.05) is 6.07 Å². The van der Waals surface area contributed by atoms with Gasteiger partial charge in [-0.25, -0.2) is 9.18 Å². The molecule has 2 saturated heterocycles. The Kier molecular flexibility index (Phi) is 4.05. The lowest BCUT2D eigenvalue weighted by atomic mass is 9.68. The first-order chi connectivity index (χ1) is 12.5. The molecule has 3 N–H and O–H groups in total. The Hall–Kier alpha value is -2.64. The van der Waals surface area contributed by atoms with Gasteiger partial charge in [-0.05, 0) is 37.8 Å². The number of nitrogens with zero attached hydrogens (tertiary/aromatic N) is 1. The number of hydrogen-bond acceptors (Lipinski definition) is 4. The number of amides is 4. The molecule has 1 spiro atoms. The molecule has 3 fully saturated rings. The Morgan fingerprint density at radius 1 is 1.27 bits per heavy atom. The van der Waals surface area contributed by atoms with Crippen LogP contribution < -0.4 is 20.9 Å². The van der Waals surface area contributed by atoms with Crippen molar-refractivity contribution in [2.75, 3.05) is 18.0 Å². The van der Waals surface area contributed by atoms with Crippen LogP contribution in [0.2, 0.25) is 0 Å². The van der Waals surface area contributed by atoms with Gasteiger partial charge in [0.15, 0.2) is 0 Å². The number of carbonyl (C=O) groups is 3. The van der Waals surface area contributed by atoms with Gasteiger partial charge in [0.05, 0.1) is 0 Å². The van der Waals surface area contributed by atoms with Crippen LogP contribution in [-0.2, 0) is 16.1 Å². The Morgan fingerprint density at radius 2 is 2.00 bits per heavy atom. The molecule has 0 aromatic heterocycles. The summed E-state index contributed by atoms with van der Waals surface area (Å²) in [5.41, 5.74) is 0.372. The van der Waals surface area contributed by atoms with Gasteiger partial charge in [-0.3, -0.25) is 14.9 Å². The van der Waals surface area contributed by atoms with E-state index in [-0.39, 0.29) is 42.9 Å². The zero-order valence-electron chi connectivity index (χ0n) is 14.3. The number of nitrogens with one attached hydrogen (secondary N) is 3. The fourth-order valence-corrected chi connectivity index (χ4v) is 4.08. The van der Waals surface area contributed by atoms with Crippen molar-refractivity contribution in [2.45, 2.75) is 37.8 Å². The fourth-order valence-electron chi connectivity index (χ4n) is 4.08.